The second-order valence-electron chi connectivity index (χ2n) is 4.80. The number of aromatic nitrogens is 2. The fourth-order valence-corrected chi connectivity index (χ4v) is 2.27. The van der Waals surface area contributed by atoms with Gasteiger partial charge in [-0.2, -0.15) is 5.10 Å². The van der Waals surface area contributed by atoms with E-state index in [1.165, 1.54) is 0 Å². The summed E-state index contributed by atoms with van der Waals surface area (Å²) in [5.74, 6) is -2.70. The Morgan fingerprint density at radius 2 is 2.18 bits per heavy atom. The van der Waals surface area contributed by atoms with Crippen molar-refractivity contribution in [3.05, 3.63) is 18.0 Å². The predicted octanol–water partition coefficient (Wildman–Crippen LogP) is 2.36. The molecule has 2 rings (SSSR count). The summed E-state index contributed by atoms with van der Waals surface area (Å²) >= 11 is 0. The Hall–Kier alpha value is -1.26. The van der Waals surface area contributed by atoms with Crippen molar-refractivity contribution >= 4 is 5.78 Å². The molecule has 0 spiro atoms. The van der Waals surface area contributed by atoms with E-state index in [1.54, 1.807) is 24.1 Å². The largest absolute Gasteiger partial charge is 0.299 e. The summed E-state index contributed by atoms with van der Waals surface area (Å²) in [6, 6.07) is 0. The number of carbonyl (C=O) groups excluding carboxylic acids is 1. The first-order chi connectivity index (χ1) is 7.96. The van der Waals surface area contributed by atoms with Gasteiger partial charge in [-0.1, -0.05) is 0 Å². The number of carbonyl (C=O) groups is 1. The van der Waals surface area contributed by atoms with E-state index in [2.05, 4.69) is 5.10 Å². The summed E-state index contributed by atoms with van der Waals surface area (Å²) in [5, 5.41) is 3.98. The Labute approximate surface area is 98.8 Å². The molecule has 0 amide bonds. The highest BCUT2D eigenvalue weighted by atomic mass is 19.3. The zero-order valence-electron chi connectivity index (χ0n) is 9.83. The highest BCUT2D eigenvalue weighted by Gasteiger charge is 2.37. The molecule has 0 aromatic carbocycles. The maximum Gasteiger partial charge on any atom is 0.248 e. The average Bonchev–Trinajstić information content (AvgIpc) is 2.63. The number of Topliss-reactive ketones (excluding diaryl/α,β-unsaturated/α-hetero) is 1. The molecule has 1 heterocycles. The predicted molar refractivity (Wildman–Crippen MR) is 58.8 cm³/mol. The van der Waals surface area contributed by atoms with Crippen LogP contribution in [0.5, 0.6) is 0 Å². The summed E-state index contributed by atoms with van der Waals surface area (Å²) in [4.78, 5) is 11.9. The summed E-state index contributed by atoms with van der Waals surface area (Å²) in [6.07, 6.45) is 4.06. The van der Waals surface area contributed by atoms with Gasteiger partial charge in [0.2, 0.25) is 5.92 Å². The van der Waals surface area contributed by atoms with Crippen molar-refractivity contribution in [1.29, 1.82) is 0 Å². The zero-order chi connectivity index (χ0) is 12.5. The first kappa shape index (κ1) is 12.2. The molecule has 0 saturated heterocycles. The molecule has 94 valence electrons. The van der Waals surface area contributed by atoms with Gasteiger partial charge in [0.25, 0.3) is 0 Å². The quantitative estimate of drug-likeness (QED) is 0.815. The van der Waals surface area contributed by atoms with Gasteiger partial charge in [0, 0.05) is 38.4 Å². The van der Waals surface area contributed by atoms with E-state index in [0.29, 0.717) is 19.3 Å². The van der Waals surface area contributed by atoms with E-state index in [0.717, 1.165) is 5.56 Å². The van der Waals surface area contributed by atoms with Crippen LogP contribution in [0, 0.1) is 5.92 Å². The van der Waals surface area contributed by atoms with Crippen LogP contribution in [-0.2, 0) is 18.3 Å². The van der Waals surface area contributed by atoms with Gasteiger partial charge < -0.3 is 0 Å². The Morgan fingerprint density at radius 3 is 2.71 bits per heavy atom. The van der Waals surface area contributed by atoms with Crippen molar-refractivity contribution in [3.63, 3.8) is 0 Å². The number of ketones is 1. The fraction of sp³-hybridized carbons (Fsp3) is 0.667. The molecule has 3 nitrogen and oxygen atoms in total. The van der Waals surface area contributed by atoms with Crippen LogP contribution in [0.2, 0.25) is 0 Å². The third-order valence-corrected chi connectivity index (χ3v) is 3.31. The van der Waals surface area contributed by atoms with Gasteiger partial charge in [-0.3, -0.25) is 9.48 Å². The maximum atomic E-state index is 12.9. The van der Waals surface area contributed by atoms with Gasteiger partial charge in [-0.15, -0.1) is 0 Å². The summed E-state index contributed by atoms with van der Waals surface area (Å²) in [5.41, 5.74) is 0.856. The van der Waals surface area contributed by atoms with Crippen LogP contribution in [0.15, 0.2) is 12.4 Å². The Balaban J connectivity index is 1.89. The number of halogens is 2. The number of hydrogen-bond donors (Lipinski definition) is 0. The monoisotopic (exact) mass is 242 g/mol. The summed E-state index contributed by atoms with van der Waals surface area (Å²) in [7, 11) is 1.79. The molecule has 0 aliphatic heterocycles. The molecule has 1 aromatic rings. The number of aryl methyl sites for hydroxylation is 1. The smallest absolute Gasteiger partial charge is 0.248 e. The van der Waals surface area contributed by atoms with Crippen molar-refractivity contribution in [3.8, 4) is 0 Å². The van der Waals surface area contributed by atoms with E-state index in [9.17, 15) is 13.6 Å². The lowest BCUT2D eigenvalue weighted by atomic mass is 9.83. The van der Waals surface area contributed by atoms with E-state index in [1.807, 2.05) is 0 Å². The molecule has 0 atom stereocenters. The lowest BCUT2D eigenvalue weighted by molar-refractivity contribution is -0.126. The molecule has 0 bridgehead atoms. The minimum atomic E-state index is -2.56. The topological polar surface area (TPSA) is 34.9 Å². The Morgan fingerprint density at radius 1 is 1.53 bits per heavy atom. The molecule has 1 saturated carbocycles. The molecular weight excluding hydrogens is 226 g/mol. The summed E-state index contributed by atoms with van der Waals surface area (Å²) < 4.78 is 27.5. The van der Waals surface area contributed by atoms with Crippen LogP contribution in [0.25, 0.3) is 0 Å². The minimum absolute atomic E-state index is 0.0634. The fourth-order valence-electron chi connectivity index (χ4n) is 2.27. The van der Waals surface area contributed by atoms with Gasteiger partial charge in [0.1, 0.15) is 5.78 Å². The molecule has 17 heavy (non-hydrogen) atoms. The number of rotatable bonds is 3. The molecule has 5 heteroatoms. The average molecular weight is 242 g/mol. The molecule has 0 radical (unpaired) electrons. The van der Waals surface area contributed by atoms with Crippen LogP contribution >= 0.6 is 0 Å². The lowest BCUT2D eigenvalue weighted by Crippen LogP contribution is -2.29. The van der Waals surface area contributed by atoms with E-state index in [-0.39, 0.29) is 24.5 Å². The van der Waals surface area contributed by atoms with Crippen molar-refractivity contribution < 1.29 is 13.6 Å². The standard InChI is InChI=1S/C12H16F2N2O/c1-16-8-9(7-15-16)6-11(17)10-2-4-12(13,14)5-3-10/h7-8,10H,2-6H2,1H3. The van der Waals surface area contributed by atoms with Gasteiger partial charge in [0.15, 0.2) is 0 Å². The summed E-state index contributed by atoms with van der Waals surface area (Å²) in [6.45, 7) is 0. The van der Waals surface area contributed by atoms with Crippen LogP contribution in [0.4, 0.5) is 8.78 Å². The van der Waals surface area contributed by atoms with Crippen LogP contribution in [0.1, 0.15) is 31.2 Å². The van der Waals surface area contributed by atoms with E-state index < -0.39 is 5.92 Å². The van der Waals surface area contributed by atoms with Crippen LogP contribution in [0.3, 0.4) is 0 Å². The molecule has 1 aromatic heterocycles. The molecule has 1 aliphatic carbocycles. The van der Waals surface area contributed by atoms with Gasteiger partial charge in [-0.05, 0) is 18.4 Å². The van der Waals surface area contributed by atoms with Crippen molar-refractivity contribution in [1.82, 2.24) is 9.78 Å². The van der Waals surface area contributed by atoms with Crippen molar-refractivity contribution in [2.45, 2.75) is 38.0 Å². The number of hydrogen-bond acceptors (Lipinski definition) is 2. The van der Waals surface area contributed by atoms with Crippen LogP contribution < -0.4 is 0 Å². The molecule has 0 unspecified atom stereocenters. The van der Waals surface area contributed by atoms with E-state index in [4.69, 9.17) is 0 Å². The third kappa shape index (κ3) is 3.11. The maximum absolute atomic E-state index is 12.9. The molecule has 1 fully saturated rings. The molecular formula is C12H16F2N2O. The van der Waals surface area contributed by atoms with Crippen LogP contribution in [-0.4, -0.2) is 21.5 Å². The van der Waals surface area contributed by atoms with Crippen molar-refractivity contribution in [2.75, 3.05) is 0 Å². The normalized spacial score (nSPS) is 20.4. The highest BCUT2D eigenvalue weighted by molar-refractivity contribution is 5.83. The third-order valence-electron chi connectivity index (χ3n) is 3.31. The lowest BCUT2D eigenvalue weighted by Gasteiger charge is -2.27. The second-order valence-corrected chi connectivity index (χ2v) is 4.80. The Bertz CT molecular complexity index is 404. The number of nitrogens with zero attached hydrogens (tertiary/aromatic N) is 2. The SMILES string of the molecule is Cn1cc(CC(=O)C2CCC(F)(F)CC2)cn1. The van der Waals surface area contributed by atoms with Crippen molar-refractivity contribution in [2.24, 2.45) is 13.0 Å². The minimum Gasteiger partial charge on any atom is -0.299 e. The number of alkyl halides is 2. The van der Waals surface area contributed by atoms with E-state index >= 15 is 0 Å². The molecule has 0 N–H and O–H groups in total. The van der Waals surface area contributed by atoms with Gasteiger partial charge >= 0.3 is 0 Å². The zero-order valence-corrected chi connectivity index (χ0v) is 9.83. The van der Waals surface area contributed by atoms with Gasteiger partial charge in [-0.25, -0.2) is 8.78 Å². The Kier molecular flexibility index (Phi) is 3.26. The highest BCUT2D eigenvalue weighted by Crippen LogP contribution is 2.36. The second kappa shape index (κ2) is 4.55. The van der Waals surface area contributed by atoms with Gasteiger partial charge in [0.05, 0.1) is 6.20 Å². The first-order valence-corrected chi connectivity index (χ1v) is 5.84. The molecule has 1 aliphatic rings. The first-order valence-electron chi connectivity index (χ1n) is 5.84.